The van der Waals surface area contributed by atoms with Gasteiger partial charge >= 0.3 is 0 Å². The Morgan fingerprint density at radius 3 is 2.48 bits per heavy atom. The van der Waals surface area contributed by atoms with E-state index in [-0.39, 0.29) is 18.1 Å². The van der Waals surface area contributed by atoms with Gasteiger partial charge in [0.05, 0.1) is 24.9 Å². The Balaban J connectivity index is 1.44. The number of rotatable bonds is 6. The average molecular weight is 417 g/mol. The Morgan fingerprint density at radius 1 is 1.03 bits per heavy atom. The van der Waals surface area contributed by atoms with Gasteiger partial charge in [-0.15, -0.1) is 0 Å². The van der Waals surface area contributed by atoms with E-state index in [1.54, 1.807) is 23.9 Å². The third kappa shape index (κ3) is 4.43. The normalized spacial score (nSPS) is 11.0. The zero-order chi connectivity index (χ0) is 22.0. The molecule has 0 saturated carbocycles. The summed E-state index contributed by atoms with van der Waals surface area (Å²) in [5, 5.41) is 9.72. The molecule has 0 aliphatic carbocycles. The second-order valence-electron chi connectivity index (χ2n) is 7.54. The maximum absolute atomic E-state index is 13.2. The van der Waals surface area contributed by atoms with Gasteiger partial charge in [-0.05, 0) is 72.6 Å². The van der Waals surface area contributed by atoms with Gasteiger partial charge in [0.1, 0.15) is 11.6 Å². The van der Waals surface area contributed by atoms with Crippen molar-refractivity contribution in [1.29, 1.82) is 0 Å². The molecular weight excluding hydrogens is 393 g/mol. The van der Waals surface area contributed by atoms with Crippen molar-refractivity contribution in [3.8, 4) is 11.4 Å². The Labute approximate surface area is 180 Å². The topological polar surface area (TPSA) is 56.1 Å². The zero-order valence-corrected chi connectivity index (χ0v) is 17.8. The van der Waals surface area contributed by atoms with E-state index >= 15 is 0 Å². The van der Waals surface area contributed by atoms with Crippen LogP contribution in [0.25, 0.3) is 16.5 Å². The highest BCUT2D eigenvalue weighted by Gasteiger charge is 2.16. The van der Waals surface area contributed by atoms with Crippen LogP contribution in [0.3, 0.4) is 0 Å². The van der Waals surface area contributed by atoms with Gasteiger partial charge in [-0.3, -0.25) is 4.79 Å². The minimum Gasteiger partial charge on any atom is -0.497 e. The van der Waals surface area contributed by atoms with Gasteiger partial charge < -0.3 is 10.1 Å². The zero-order valence-electron chi connectivity index (χ0n) is 17.8. The van der Waals surface area contributed by atoms with Crippen LogP contribution >= 0.6 is 0 Å². The Bertz CT molecular complexity index is 1250. The van der Waals surface area contributed by atoms with E-state index in [0.717, 1.165) is 44.7 Å². The Morgan fingerprint density at radius 2 is 1.74 bits per heavy atom. The van der Waals surface area contributed by atoms with E-state index in [2.05, 4.69) is 16.5 Å². The number of amides is 1. The first kappa shape index (κ1) is 20.6. The number of aryl methyl sites for hydroxylation is 1. The molecular formula is C25H24FN3O2. The number of carbonyl (C=O) groups is 1. The SMILES string of the molecule is COc1ccc2cc(CNC(=O)Cc3c(C)nn(-c4ccc(F)cc4)c3C)ccc2c1. The molecule has 0 fully saturated rings. The van der Waals surface area contributed by atoms with E-state index in [9.17, 15) is 9.18 Å². The van der Waals surface area contributed by atoms with Crippen molar-refractivity contribution in [2.75, 3.05) is 7.11 Å². The van der Waals surface area contributed by atoms with Crippen molar-refractivity contribution in [1.82, 2.24) is 15.1 Å². The minimum absolute atomic E-state index is 0.0697. The summed E-state index contributed by atoms with van der Waals surface area (Å²) in [7, 11) is 1.65. The number of nitrogens with one attached hydrogen (secondary N) is 1. The molecule has 4 aromatic rings. The van der Waals surface area contributed by atoms with Crippen LogP contribution < -0.4 is 10.1 Å². The van der Waals surface area contributed by atoms with Crippen molar-refractivity contribution in [3.05, 3.63) is 89.0 Å². The largest absolute Gasteiger partial charge is 0.497 e. The van der Waals surface area contributed by atoms with Gasteiger partial charge in [-0.1, -0.05) is 18.2 Å². The Hall–Kier alpha value is -3.67. The third-order valence-corrected chi connectivity index (χ3v) is 5.45. The fraction of sp³-hybridized carbons (Fsp3) is 0.200. The summed E-state index contributed by atoms with van der Waals surface area (Å²) in [6.45, 7) is 4.25. The summed E-state index contributed by atoms with van der Waals surface area (Å²) in [5.74, 6) is 0.456. The molecule has 0 bridgehead atoms. The Kier molecular flexibility index (Phi) is 5.71. The number of hydrogen-bond acceptors (Lipinski definition) is 3. The predicted octanol–water partition coefficient (Wildman–Crippen LogP) is 4.65. The molecule has 1 aromatic heterocycles. The van der Waals surface area contributed by atoms with E-state index in [4.69, 9.17) is 4.74 Å². The van der Waals surface area contributed by atoms with E-state index in [1.165, 1.54) is 12.1 Å². The lowest BCUT2D eigenvalue weighted by Crippen LogP contribution is -2.25. The molecule has 0 radical (unpaired) electrons. The van der Waals surface area contributed by atoms with Crippen LogP contribution in [0.5, 0.6) is 5.75 Å². The van der Waals surface area contributed by atoms with Crippen LogP contribution in [0, 0.1) is 19.7 Å². The first-order chi connectivity index (χ1) is 14.9. The highest BCUT2D eigenvalue weighted by Crippen LogP contribution is 2.22. The van der Waals surface area contributed by atoms with Gasteiger partial charge in [-0.2, -0.15) is 5.10 Å². The van der Waals surface area contributed by atoms with E-state index in [1.807, 2.05) is 44.2 Å². The molecule has 0 aliphatic heterocycles. The summed E-state index contributed by atoms with van der Waals surface area (Å²) >= 11 is 0. The van der Waals surface area contributed by atoms with Crippen molar-refractivity contribution in [3.63, 3.8) is 0 Å². The standard InChI is InChI=1S/C25H24FN3O2/c1-16-24(17(2)29(28-16)22-9-7-21(26)8-10-22)14-25(30)27-15-18-4-5-20-13-23(31-3)11-6-19(20)12-18/h4-13H,14-15H2,1-3H3,(H,27,30). The van der Waals surface area contributed by atoms with Crippen molar-refractivity contribution >= 4 is 16.7 Å². The second-order valence-corrected chi connectivity index (χ2v) is 7.54. The smallest absolute Gasteiger partial charge is 0.224 e. The average Bonchev–Trinajstić information content (AvgIpc) is 3.06. The fourth-order valence-corrected chi connectivity index (χ4v) is 3.70. The highest BCUT2D eigenvalue weighted by atomic mass is 19.1. The highest BCUT2D eigenvalue weighted by molar-refractivity contribution is 5.85. The van der Waals surface area contributed by atoms with Crippen LogP contribution in [0.2, 0.25) is 0 Å². The summed E-state index contributed by atoms with van der Waals surface area (Å²) in [6, 6.07) is 18.2. The fourth-order valence-electron chi connectivity index (χ4n) is 3.70. The lowest BCUT2D eigenvalue weighted by atomic mass is 10.1. The lowest BCUT2D eigenvalue weighted by molar-refractivity contribution is -0.120. The van der Waals surface area contributed by atoms with E-state index < -0.39 is 0 Å². The second kappa shape index (κ2) is 8.60. The number of aromatic nitrogens is 2. The molecule has 0 saturated heterocycles. The first-order valence-electron chi connectivity index (χ1n) is 10.1. The number of methoxy groups -OCH3 is 1. The van der Waals surface area contributed by atoms with Crippen LogP contribution in [-0.2, 0) is 17.8 Å². The molecule has 0 unspecified atom stereocenters. The molecule has 1 amide bonds. The number of carbonyl (C=O) groups excluding carboxylic acids is 1. The van der Waals surface area contributed by atoms with Crippen molar-refractivity contribution < 1.29 is 13.9 Å². The predicted molar refractivity (Wildman–Crippen MR) is 119 cm³/mol. The maximum atomic E-state index is 13.2. The van der Waals surface area contributed by atoms with Gasteiger partial charge in [-0.25, -0.2) is 9.07 Å². The van der Waals surface area contributed by atoms with Crippen LogP contribution in [0.1, 0.15) is 22.5 Å². The van der Waals surface area contributed by atoms with Crippen molar-refractivity contribution in [2.24, 2.45) is 0 Å². The quantitative estimate of drug-likeness (QED) is 0.497. The van der Waals surface area contributed by atoms with Crippen LogP contribution in [0.15, 0.2) is 60.7 Å². The number of fused-ring (bicyclic) bond motifs is 1. The molecule has 0 atom stereocenters. The number of halogens is 1. The van der Waals surface area contributed by atoms with Crippen LogP contribution in [0.4, 0.5) is 4.39 Å². The molecule has 31 heavy (non-hydrogen) atoms. The summed E-state index contributed by atoms with van der Waals surface area (Å²) in [6.07, 6.45) is 0.240. The van der Waals surface area contributed by atoms with Gasteiger partial charge in [0, 0.05) is 17.8 Å². The molecule has 1 N–H and O–H groups in total. The molecule has 3 aromatic carbocycles. The molecule has 4 rings (SSSR count). The maximum Gasteiger partial charge on any atom is 0.224 e. The van der Waals surface area contributed by atoms with Gasteiger partial charge in [0.25, 0.3) is 0 Å². The number of hydrogen-bond donors (Lipinski definition) is 1. The molecule has 0 spiro atoms. The van der Waals surface area contributed by atoms with Crippen molar-refractivity contribution in [2.45, 2.75) is 26.8 Å². The summed E-state index contributed by atoms with van der Waals surface area (Å²) in [5.41, 5.74) is 4.34. The number of benzene rings is 3. The lowest BCUT2D eigenvalue weighted by Gasteiger charge is -2.08. The van der Waals surface area contributed by atoms with Crippen LogP contribution in [-0.4, -0.2) is 22.8 Å². The minimum atomic E-state index is -0.294. The number of nitrogens with zero attached hydrogens (tertiary/aromatic N) is 2. The van der Waals surface area contributed by atoms with Gasteiger partial charge in [0.15, 0.2) is 0 Å². The molecule has 158 valence electrons. The molecule has 6 heteroatoms. The summed E-state index contributed by atoms with van der Waals surface area (Å²) < 4.78 is 20.2. The molecule has 0 aliphatic rings. The third-order valence-electron chi connectivity index (χ3n) is 5.45. The number of ether oxygens (including phenoxy) is 1. The molecule has 5 nitrogen and oxygen atoms in total. The summed E-state index contributed by atoms with van der Waals surface area (Å²) in [4.78, 5) is 12.6. The van der Waals surface area contributed by atoms with E-state index in [0.29, 0.717) is 6.54 Å². The van der Waals surface area contributed by atoms with Gasteiger partial charge in [0.2, 0.25) is 5.91 Å². The molecule has 1 heterocycles. The monoisotopic (exact) mass is 417 g/mol. The first-order valence-corrected chi connectivity index (χ1v) is 10.1.